The van der Waals surface area contributed by atoms with Crippen LogP contribution in [0.5, 0.6) is 5.75 Å². The van der Waals surface area contributed by atoms with Crippen molar-refractivity contribution in [3.63, 3.8) is 0 Å². The van der Waals surface area contributed by atoms with Gasteiger partial charge in [0.2, 0.25) is 0 Å². The van der Waals surface area contributed by atoms with Gasteiger partial charge in [-0.05, 0) is 13.1 Å². The summed E-state index contributed by atoms with van der Waals surface area (Å²) in [6.07, 6.45) is 4.42. The van der Waals surface area contributed by atoms with Crippen LogP contribution in [-0.4, -0.2) is 15.0 Å². The first-order valence-corrected chi connectivity index (χ1v) is 8.08. The molecule has 0 atom stereocenters. The Morgan fingerprint density at radius 1 is 1.32 bits per heavy atom. The Bertz CT molecular complexity index is 993. The Hall–Kier alpha value is -1.74. The Labute approximate surface area is 190 Å². The van der Waals surface area contributed by atoms with Crippen LogP contribution in [0, 0.1) is 25.1 Å². The molecule has 0 bridgehead atoms. The molecule has 28 heavy (non-hydrogen) atoms. The maximum atomic E-state index is 13.7. The molecule has 2 aromatic heterocycles. The summed E-state index contributed by atoms with van der Waals surface area (Å²) in [5.41, 5.74) is 1.60. The van der Waals surface area contributed by atoms with Crippen molar-refractivity contribution in [2.75, 3.05) is 0 Å². The summed E-state index contributed by atoms with van der Waals surface area (Å²) >= 11 is 6.16. The largest absolute Gasteiger partial charge is 0.485 e. The number of nitrogens with one attached hydrogen (secondary N) is 1. The predicted octanol–water partition coefficient (Wildman–Crippen LogP) is 2.74. The Balaban J connectivity index is 0.00000196. The third kappa shape index (κ3) is 5.00. The number of rotatable bonds is 4. The summed E-state index contributed by atoms with van der Waals surface area (Å²) < 4.78 is 33.5. The molecule has 3 heterocycles. The number of nitrogens with zero attached hydrogens (tertiary/aromatic N) is 2. The molecule has 1 radical (unpaired) electrons. The number of allylic oxidation sites excluding steroid dienone is 2. The van der Waals surface area contributed by atoms with Crippen LogP contribution in [0.25, 0.3) is 5.70 Å². The van der Waals surface area contributed by atoms with E-state index in [4.69, 9.17) is 16.3 Å². The zero-order valence-corrected chi connectivity index (χ0v) is 18.7. The fraction of sp³-hybridized carbons (Fsp3) is 0.167. The Kier molecular flexibility index (Phi) is 8.82. The number of halogens is 3. The topological polar surface area (TPSA) is 87.7 Å². The van der Waals surface area contributed by atoms with Crippen LogP contribution in [-0.2, 0) is 39.3 Å². The van der Waals surface area contributed by atoms with E-state index in [2.05, 4.69) is 10.3 Å². The van der Waals surface area contributed by atoms with Gasteiger partial charge in [-0.3, -0.25) is 9.78 Å². The molecule has 3 rings (SSSR count). The normalized spacial score (nSPS) is 12.5. The molecule has 0 amide bonds. The van der Waals surface area contributed by atoms with Gasteiger partial charge in [0.05, 0.1) is 6.20 Å². The second-order valence-corrected chi connectivity index (χ2v) is 6.07. The van der Waals surface area contributed by atoms with Gasteiger partial charge in [-0.15, -0.1) is 6.54 Å². The molecule has 1 aliphatic heterocycles. The zero-order chi connectivity index (χ0) is 18.8. The van der Waals surface area contributed by atoms with Crippen LogP contribution in [0.3, 0.4) is 0 Å². The smallest absolute Gasteiger partial charge is 0.261 e. The average molecular weight is 486 g/mol. The van der Waals surface area contributed by atoms with Crippen LogP contribution < -0.4 is 15.6 Å². The first kappa shape index (κ1) is 24.3. The molecule has 0 aromatic carbocycles. The number of aromatic nitrogens is 2. The minimum absolute atomic E-state index is 0. The van der Waals surface area contributed by atoms with Gasteiger partial charge in [-0.2, -0.15) is 6.08 Å². The van der Waals surface area contributed by atoms with Crippen molar-refractivity contribution in [1.82, 2.24) is 14.9 Å². The summed E-state index contributed by atoms with van der Waals surface area (Å²) in [5, 5.41) is 2.81. The molecule has 147 valence electrons. The number of hydrogen-bond donors (Lipinski definition) is 1. The van der Waals surface area contributed by atoms with E-state index < -0.39 is 17.2 Å². The van der Waals surface area contributed by atoms with E-state index in [1.165, 1.54) is 4.57 Å². The minimum atomic E-state index is -0.831. The number of ether oxygens (including phenoxy) is 1. The maximum Gasteiger partial charge on any atom is 0.261 e. The van der Waals surface area contributed by atoms with E-state index in [1.54, 1.807) is 31.8 Å². The molecule has 0 spiro atoms. The monoisotopic (exact) mass is 485 g/mol. The van der Waals surface area contributed by atoms with Crippen molar-refractivity contribution >= 4 is 17.3 Å². The third-order valence-electron chi connectivity index (χ3n) is 3.83. The van der Waals surface area contributed by atoms with Gasteiger partial charge in [0.1, 0.15) is 28.9 Å². The van der Waals surface area contributed by atoms with Crippen LogP contribution in [0.2, 0.25) is 5.02 Å². The predicted molar refractivity (Wildman–Crippen MR) is 98.0 cm³/mol. The molecule has 2 aromatic rings. The molecule has 0 aliphatic carbocycles. The second-order valence-electron chi connectivity index (χ2n) is 5.69. The van der Waals surface area contributed by atoms with Gasteiger partial charge in [0.15, 0.2) is 5.82 Å². The van der Waals surface area contributed by atoms with Crippen molar-refractivity contribution in [3.05, 3.63) is 81.1 Å². The Morgan fingerprint density at radius 3 is 2.68 bits per heavy atom. The van der Waals surface area contributed by atoms with Crippen molar-refractivity contribution in [1.29, 1.82) is 0 Å². The fourth-order valence-corrected chi connectivity index (χ4v) is 2.73. The molecule has 0 saturated heterocycles. The van der Waals surface area contributed by atoms with Gasteiger partial charge < -0.3 is 20.1 Å². The quantitative estimate of drug-likeness (QED) is 0.675. The number of hydrogen-bond acceptors (Lipinski definition) is 4. The maximum absolute atomic E-state index is 13.7. The molecule has 1 aliphatic rings. The molecule has 10 heteroatoms. The van der Waals surface area contributed by atoms with E-state index in [0.717, 1.165) is 11.8 Å². The molecule has 3 N–H and O–H groups in total. The number of dihydropyridines is 1. The minimum Gasteiger partial charge on any atom is -0.485 e. The van der Waals surface area contributed by atoms with Crippen molar-refractivity contribution in [3.8, 4) is 5.75 Å². The van der Waals surface area contributed by atoms with Crippen LogP contribution in [0.15, 0.2) is 41.0 Å². The Morgan fingerprint density at radius 2 is 2.04 bits per heavy atom. The van der Waals surface area contributed by atoms with Crippen molar-refractivity contribution < 1.29 is 51.7 Å². The summed E-state index contributed by atoms with van der Waals surface area (Å²) in [4.78, 5) is 16.3. The zero-order valence-electron chi connectivity index (χ0n) is 15.1. The standard InChI is InChI=1S/C18H15ClF2N3O2.H2O.Y/c1-10-7-22-4-3-15(10)24-11(2)5-16(17(19)18(24)25)26-9-14-13(21)6-12(20)8-23-14;;/h3-8,22H,9H2,1-2H3;1H2;/q-1;;. The molecule has 0 fully saturated rings. The SMILES string of the molecule is CC1=CN[CH-]C=C1n1c(C)cc(OCc2ncc(F)cc2F)c(Cl)c1=O.O.[Y]. The van der Waals surface area contributed by atoms with Gasteiger partial charge in [-0.25, -0.2) is 8.78 Å². The number of aryl methyl sites for hydroxylation is 1. The van der Waals surface area contributed by atoms with Crippen molar-refractivity contribution in [2.24, 2.45) is 0 Å². The van der Waals surface area contributed by atoms with E-state index in [-0.39, 0.29) is 61.3 Å². The van der Waals surface area contributed by atoms with E-state index in [1.807, 2.05) is 6.92 Å². The fourth-order valence-electron chi connectivity index (χ4n) is 2.54. The summed E-state index contributed by atoms with van der Waals surface area (Å²) in [6, 6.07) is 2.30. The molecule has 0 unspecified atom stereocenters. The molecule has 0 saturated carbocycles. The summed E-state index contributed by atoms with van der Waals surface area (Å²) in [5.74, 6) is -1.50. The van der Waals surface area contributed by atoms with Crippen molar-refractivity contribution in [2.45, 2.75) is 20.5 Å². The first-order chi connectivity index (χ1) is 12.4. The van der Waals surface area contributed by atoms with Gasteiger partial charge in [0, 0.05) is 50.5 Å². The van der Waals surface area contributed by atoms with E-state index in [9.17, 15) is 13.6 Å². The molecular formula is C18H17ClF2N3O3Y-. The summed E-state index contributed by atoms with van der Waals surface area (Å²) in [7, 11) is 0. The van der Waals surface area contributed by atoms with E-state index >= 15 is 0 Å². The van der Waals surface area contributed by atoms with Gasteiger partial charge in [0.25, 0.3) is 5.56 Å². The average Bonchev–Trinajstić information content (AvgIpc) is 2.60. The van der Waals surface area contributed by atoms with Crippen LogP contribution in [0.4, 0.5) is 8.78 Å². The van der Waals surface area contributed by atoms with Gasteiger partial charge in [-0.1, -0.05) is 29.8 Å². The third-order valence-corrected chi connectivity index (χ3v) is 4.18. The molecule has 6 nitrogen and oxygen atoms in total. The second kappa shape index (κ2) is 10.2. The van der Waals surface area contributed by atoms with Gasteiger partial charge >= 0.3 is 0 Å². The number of pyridine rings is 2. The van der Waals surface area contributed by atoms with Crippen LogP contribution in [0.1, 0.15) is 18.3 Å². The van der Waals surface area contributed by atoms with E-state index in [0.29, 0.717) is 17.5 Å². The first-order valence-electron chi connectivity index (χ1n) is 7.70. The molecular weight excluding hydrogens is 469 g/mol. The summed E-state index contributed by atoms with van der Waals surface area (Å²) in [6.45, 7) is 5.01. The van der Waals surface area contributed by atoms with Crippen LogP contribution >= 0.6 is 11.6 Å².